The van der Waals surface area contributed by atoms with Gasteiger partial charge in [-0.1, -0.05) is 19.9 Å². The minimum absolute atomic E-state index is 0.361. The number of nitrogens with one attached hydrogen (secondary N) is 1. The summed E-state index contributed by atoms with van der Waals surface area (Å²) in [5, 5.41) is 13.2. The molecule has 1 aromatic carbocycles. The maximum absolute atomic E-state index is 9.77. The molecule has 0 amide bonds. The third kappa shape index (κ3) is 5.49. The van der Waals surface area contributed by atoms with Gasteiger partial charge >= 0.3 is 0 Å². The Hall–Kier alpha value is -1.10. The van der Waals surface area contributed by atoms with Crippen molar-refractivity contribution in [2.45, 2.75) is 39.5 Å². The van der Waals surface area contributed by atoms with Crippen LogP contribution in [0, 0.1) is 6.92 Å². The fraction of sp³-hybridized carbons (Fsp3) is 0.625. The Bertz CT molecular complexity index is 407. The summed E-state index contributed by atoms with van der Waals surface area (Å²) in [6, 6.07) is 6.90. The van der Waals surface area contributed by atoms with Gasteiger partial charge < -0.3 is 20.1 Å². The zero-order valence-corrected chi connectivity index (χ0v) is 13.3. The maximum atomic E-state index is 9.77. The molecule has 0 spiro atoms. The van der Waals surface area contributed by atoms with Gasteiger partial charge in [-0.15, -0.1) is 0 Å². The fourth-order valence-corrected chi connectivity index (χ4v) is 2.10. The van der Waals surface area contributed by atoms with Gasteiger partial charge in [-0.2, -0.15) is 0 Å². The van der Waals surface area contributed by atoms with Gasteiger partial charge in [0.05, 0.1) is 12.7 Å². The maximum Gasteiger partial charge on any atom is 0.0947 e. The Morgan fingerprint density at radius 1 is 1.35 bits per heavy atom. The normalized spacial score (nSPS) is 12.8. The number of methoxy groups -OCH3 is 1. The van der Waals surface area contributed by atoms with E-state index < -0.39 is 6.10 Å². The number of hydrogen-bond acceptors (Lipinski definition) is 4. The van der Waals surface area contributed by atoms with E-state index in [0.717, 1.165) is 12.2 Å². The number of aliphatic hydroxyl groups is 1. The molecule has 4 heteroatoms. The van der Waals surface area contributed by atoms with Gasteiger partial charge in [0.2, 0.25) is 0 Å². The molecule has 0 saturated carbocycles. The molecule has 0 radical (unpaired) electrons. The van der Waals surface area contributed by atoms with Crippen molar-refractivity contribution in [1.29, 1.82) is 0 Å². The molecule has 0 aromatic heterocycles. The van der Waals surface area contributed by atoms with Crippen molar-refractivity contribution in [1.82, 2.24) is 5.32 Å². The van der Waals surface area contributed by atoms with E-state index in [-0.39, 0.29) is 0 Å². The molecule has 114 valence electrons. The summed E-state index contributed by atoms with van der Waals surface area (Å²) < 4.78 is 4.95. The van der Waals surface area contributed by atoms with E-state index >= 15 is 0 Å². The molecule has 4 nitrogen and oxygen atoms in total. The van der Waals surface area contributed by atoms with E-state index in [1.807, 2.05) is 7.05 Å². The van der Waals surface area contributed by atoms with E-state index in [1.54, 1.807) is 7.11 Å². The molecule has 0 aliphatic rings. The van der Waals surface area contributed by atoms with Gasteiger partial charge in [0.25, 0.3) is 0 Å². The molecule has 0 bridgehead atoms. The molecule has 0 saturated heterocycles. The van der Waals surface area contributed by atoms with E-state index in [9.17, 15) is 5.11 Å². The summed E-state index contributed by atoms with van der Waals surface area (Å²) in [4.78, 5) is 2.05. The number of likely N-dealkylation sites (N-methyl/N-ethyl adjacent to an activating group) is 1. The smallest absolute Gasteiger partial charge is 0.0947 e. The van der Waals surface area contributed by atoms with Crippen molar-refractivity contribution in [3.8, 4) is 0 Å². The lowest BCUT2D eigenvalue weighted by Crippen LogP contribution is -2.32. The van der Waals surface area contributed by atoms with Crippen molar-refractivity contribution in [3.05, 3.63) is 29.3 Å². The van der Waals surface area contributed by atoms with Gasteiger partial charge in [-0.05, 0) is 30.2 Å². The summed E-state index contributed by atoms with van der Waals surface area (Å²) in [6.45, 7) is 8.24. The predicted octanol–water partition coefficient (Wildman–Crippen LogP) is 1.94. The molecular formula is C16H28N2O2. The molecule has 0 aliphatic heterocycles. The van der Waals surface area contributed by atoms with Crippen LogP contribution in [0.3, 0.4) is 0 Å². The minimum atomic E-state index is -0.465. The molecule has 0 fully saturated rings. The zero-order chi connectivity index (χ0) is 15.1. The van der Waals surface area contributed by atoms with Crippen LogP contribution in [0.15, 0.2) is 18.2 Å². The number of ether oxygens (including phenoxy) is 1. The molecule has 1 unspecified atom stereocenters. The van der Waals surface area contributed by atoms with Gasteiger partial charge in [-0.25, -0.2) is 0 Å². The van der Waals surface area contributed by atoms with E-state index in [0.29, 0.717) is 19.2 Å². The lowest BCUT2D eigenvalue weighted by Gasteiger charge is -2.23. The van der Waals surface area contributed by atoms with Gasteiger partial charge in [0.1, 0.15) is 0 Å². The largest absolute Gasteiger partial charge is 0.389 e. The minimum Gasteiger partial charge on any atom is -0.389 e. The van der Waals surface area contributed by atoms with Crippen LogP contribution in [0.1, 0.15) is 25.0 Å². The second kappa shape index (κ2) is 8.25. The lowest BCUT2D eigenvalue weighted by atomic mass is 10.1. The summed E-state index contributed by atoms with van der Waals surface area (Å²) >= 11 is 0. The van der Waals surface area contributed by atoms with Gasteiger partial charge in [-0.3, -0.25) is 0 Å². The Morgan fingerprint density at radius 2 is 2.05 bits per heavy atom. The van der Waals surface area contributed by atoms with Crippen LogP contribution in [0.25, 0.3) is 0 Å². The first-order chi connectivity index (χ1) is 9.43. The van der Waals surface area contributed by atoms with Crippen molar-refractivity contribution in [2.24, 2.45) is 0 Å². The van der Waals surface area contributed by atoms with Crippen LogP contribution in [0.4, 0.5) is 5.69 Å². The third-order valence-corrected chi connectivity index (χ3v) is 3.31. The Balaban J connectivity index is 2.66. The van der Waals surface area contributed by atoms with Crippen LogP contribution >= 0.6 is 0 Å². The molecule has 1 rings (SSSR count). The third-order valence-electron chi connectivity index (χ3n) is 3.31. The highest BCUT2D eigenvalue weighted by atomic mass is 16.5. The Morgan fingerprint density at radius 3 is 2.60 bits per heavy atom. The highest BCUT2D eigenvalue weighted by Gasteiger charge is 2.10. The standard InChI is InChI=1S/C16H28N2O2/c1-12(2)17-9-14-6-7-15(8-13(14)3)18(4)10-16(19)11-20-5/h6-8,12,16-17,19H,9-11H2,1-5H3. The molecule has 0 heterocycles. The molecule has 1 aromatic rings. The molecule has 20 heavy (non-hydrogen) atoms. The number of aryl methyl sites for hydroxylation is 1. The van der Waals surface area contributed by atoms with E-state index in [1.165, 1.54) is 11.1 Å². The van der Waals surface area contributed by atoms with E-state index in [2.05, 4.69) is 49.2 Å². The first-order valence-electron chi connectivity index (χ1n) is 7.15. The fourth-order valence-electron chi connectivity index (χ4n) is 2.10. The SMILES string of the molecule is COCC(O)CN(C)c1ccc(CNC(C)C)c(C)c1. The summed E-state index contributed by atoms with van der Waals surface area (Å²) in [5.41, 5.74) is 3.70. The molecular weight excluding hydrogens is 252 g/mol. The average Bonchev–Trinajstić information content (AvgIpc) is 2.37. The molecule has 2 N–H and O–H groups in total. The zero-order valence-electron chi connectivity index (χ0n) is 13.3. The van der Waals surface area contributed by atoms with Crippen molar-refractivity contribution in [3.63, 3.8) is 0 Å². The van der Waals surface area contributed by atoms with Crippen molar-refractivity contribution in [2.75, 3.05) is 32.2 Å². The molecule has 1 atom stereocenters. The average molecular weight is 280 g/mol. The number of hydrogen-bond donors (Lipinski definition) is 2. The number of benzene rings is 1. The Kier molecular flexibility index (Phi) is 6.99. The first-order valence-corrected chi connectivity index (χ1v) is 7.15. The van der Waals surface area contributed by atoms with Crippen molar-refractivity contribution >= 4 is 5.69 Å². The number of aliphatic hydroxyl groups excluding tert-OH is 1. The predicted molar refractivity (Wildman–Crippen MR) is 84.3 cm³/mol. The van der Waals surface area contributed by atoms with E-state index in [4.69, 9.17) is 4.74 Å². The van der Waals surface area contributed by atoms with Crippen LogP contribution in [-0.2, 0) is 11.3 Å². The first kappa shape index (κ1) is 17.0. The second-order valence-corrected chi connectivity index (χ2v) is 5.64. The highest BCUT2D eigenvalue weighted by molar-refractivity contribution is 5.50. The van der Waals surface area contributed by atoms with Crippen LogP contribution in [0.5, 0.6) is 0 Å². The lowest BCUT2D eigenvalue weighted by molar-refractivity contribution is 0.0695. The summed E-state index contributed by atoms with van der Waals surface area (Å²) in [6.07, 6.45) is -0.465. The quantitative estimate of drug-likeness (QED) is 0.764. The van der Waals surface area contributed by atoms with Crippen LogP contribution in [0.2, 0.25) is 0 Å². The van der Waals surface area contributed by atoms with Crippen LogP contribution in [-0.4, -0.2) is 44.6 Å². The number of nitrogens with zero attached hydrogens (tertiary/aromatic N) is 1. The van der Waals surface area contributed by atoms with Crippen LogP contribution < -0.4 is 10.2 Å². The second-order valence-electron chi connectivity index (χ2n) is 5.64. The summed E-state index contributed by atoms with van der Waals surface area (Å²) in [7, 11) is 3.59. The number of anilines is 1. The summed E-state index contributed by atoms with van der Waals surface area (Å²) in [5.74, 6) is 0. The monoisotopic (exact) mass is 280 g/mol. The topological polar surface area (TPSA) is 44.7 Å². The van der Waals surface area contributed by atoms with Gasteiger partial charge in [0, 0.05) is 39.0 Å². The van der Waals surface area contributed by atoms with Gasteiger partial charge in [0.15, 0.2) is 0 Å². The molecule has 0 aliphatic carbocycles. The number of rotatable bonds is 8. The highest BCUT2D eigenvalue weighted by Crippen LogP contribution is 2.18. The van der Waals surface area contributed by atoms with Crippen molar-refractivity contribution < 1.29 is 9.84 Å². The Labute approximate surface area is 122 Å².